The summed E-state index contributed by atoms with van der Waals surface area (Å²) in [5.41, 5.74) is 0. The lowest BCUT2D eigenvalue weighted by Crippen LogP contribution is -2.61. The molecule has 22 heavy (non-hydrogen) atoms. The van der Waals surface area contributed by atoms with Gasteiger partial charge in [0.05, 0.1) is 19.8 Å². The van der Waals surface area contributed by atoms with Crippen LogP contribution in [0.25, 0.3) is 0 Å². The number of hydrogen-bond donors (Lipinski definition) is 0. The van der Waals surface area contributed by atoms with Crippen LogP contribution in [-0.4, -0.2) is 53.8 Å². The maximum atomic E-state index is 13.3. The summed E-state index contributed by atoms with van der Waals surface area (Å²) in [6.45, 7) is -0.123. The molecule has 1 saturated heterocycles. The molecule has 0 spiro atoms. The molecule has 1 rings (SSSR count). The number of halogens is 10. The minimum atomic E-state index is -6.84. The lowest BCUT2D eigenvalue weighted by atomic mass is 10.00. The standard InChI is InChI=1S/C10H10F9IO2/c11-7(12,1-5(20)2-21-3-6-4-22-6)8(13,14)9(15,16)10(17,18)19/h5-6H,1-4H2. The fourth-order valence-corrected chi connectivity index (χ4v) is 2.17. The minimum absolute atomic E-state index is 0.000175. The average Bonchev–Trinajstić information content (AvgIpc) is 3.10. The van der Waals surface area contributed by atoms with Crippen LogP contribution in [0.5, 0.6) is 0 Å². The van der Waals surface area contributed by atoms with Crippen LogP contribution in [0.4, 0.5) is 39.5 Å². The Morgan fingerprint density at radius 2 is 1.50 bits per heavy atom. The van der Waals surface area contributed by atoms with Gasteiger partial charge < -0.3 is 9.47 Å². The molecule has 0 aliphatic carbocycles. The van der Waals surface area contributed by atoms with Crippen LogP contribution in [0.3, 0.4) is 0 Å². The van der Waals surface area contributed by atoms with Crippen molar-refractivity contribution in [3.05, 3.63) is 0 Å². The summed E-state index contributed by atoms with van der Waals surface area (Å²) in [6, 6.07) is 0. The maximum Gasteiger partial charge on any atom is 0.460 e. The summed E-state index contributed by atoms with van der Waals surface area (Å²) in [7, 11) is 0. The molecule has 0 N–H and O–H groups in total. The van der Waals surface area contributed by atoms with E-state index < -0.39 is 40.9 Å². The molecule has 0 saturated carbocycles. The number of epoxide rings is 1. The number of hydrogen-bond acceptors (Lipinski definition) is 2. The Bertz CT molecular complexity index is 381. The van der Waals surface area contributed by atoms with Gasteiger partial charge in [-0.25, -0.2) is 0 Å². The predicted octanol–water partition coefficient (Wildman–Crippen LogP) is 4.06. The second-order valence-corrected chi connectivity index (χ2v) is 6.41. The van der Waals surface area contributed by atoms with Crippen LogP contribution in [0.1, 0.15) is 6.42 Å². The third-order valence-electron chi connectivity index (χ3n) is 2.69. The molecular formula is C10H10F9IO2. The molecule has 1 fully saturated rings. The smallest absolute Gasteiger partial charge is 0.378 e. The van der Waals surface area contributed by atoms with Gasteiger partial charge in [0.15, 0.2) is 0 Å². The van der Waals surface area contributed by atoms with E-state index in [1.165, 1.54) is 22.6 Å². The Hall–Kier alpha value is 0.0200. The van der Waals surface area contributed by atoms with Crippen LogP contribution >= 0.6 is 22.6 Å². The number of rotatable bonds is 8. The fraction of sp³-hybridized carbons (Fsp3) is 1.00. The molecule has 132 valence electrons. The molecule has 2 atom stereocenters. The summed E-state index contributed by atoms with van der Waals surface area (Å²) in [5.74, 6) is -19.0. The average molecular weight is 460 g/mol. The summed E-state index contributed by atoms with van der Waals surface area (Å²) < 4.78 is 122. The SMILES string of the molecule is FC(F)(F)C(F)(F)C(F)(F)C(F)(F)CC(I)COCC1CO1. The van der Waals surface area contributed by atoms with Crippen LogP contribution in [0.2, 0.25) is 0 Å². The summed E-state index contributed by atoms with van der Waals surface area (Å²) >= 11 is 1.22. The van der Waals surface area contributed by atoms with Crippen molar-refractivity contribution < 1.29 is 49.0 Å². The van der Waals surface area contributed by atoms with Gasteiger partial charge in [-0.05, 0) is 0 Å². The van der Waals surface area contributed by atoms with Gasteiger partial charge in [0.1, 0.15) is 6.10 Å². The van der Waals surface area contributed by atoms with Gasteiger partial charge in [-0.1, -0.05) is 22.6 Å². The van der Waals surface area contributed by atoms with Crippen LogP contribution in [0, 0.1) is 0 Å². The van der Waals surface area contributed by atoms with Crippen molar-refractivity contribution in [1.82, 2.24) is 0 Å². The van der Waals surface area contributed by atoms with Crippen molar-refractivity contribution in [2.45, 2.75) is 40.4 Å². The fourth-order valence-electron chi connectivity index (χ4n) is 1.36. The van der Waals surface area contributed by atoms with Crippen molar-refractivity contribution in [2.24, 2.45) is 0 Å². The quantitative estimate of drug-likeness (QED) is 0.236. The van der Waals surface area contributed by atoms with Crippen molar-refractivity contribution in [3.8, 4) is 0 Å². The molecule has 0 aromatic rings. The van der Waals surface area contributed by atoms with Gasteiger partial charge in [-0.15, -0.1) is 0 Å². The van der Waals surface area contributed by atoms with Gasteiger partial charge in [0, 0.05) is 10.3 Å². The van der Waals surface area contributed by atoms with Crippen LogP contribution in [0.15, 0.2) is 0 Å². The van der Waals surface area contributed by atoms with E-state index in [9.17, 15) is 39.5 Å². The monoisotopic (exact) mass is 460 g/mol. The molecule has 2 unspecified atom stereocenters. The zero-order valence-electron chi connectivity index (χ0n) is 10.6. The first-order valence-electron chi connectivity index (χ1n) is 5.76. The van der Waals surface area contributed by atoms with E-state index in [4.69, 9.17) is 9.47 Å². The van der Waals surface area contributed by atoms with Crippen molar-refractivity contribution >= 4 is 22.6 Å². The Kier molecular flexibility index (Phi) is 5.92. The second-order valence-electron chi connectivity index (χ2n) is 4.65. The highest BCUT2D eigenvalue weighted by molar-refractivity contribution is 14.1. The minimum Gasteiger partial charge on any atom is -0.378 e. The van der Waals surface area contributed by atoms with Gasteiger partial charge in [-0.2, -0.15) is 39.5 Å². The third-order valence-corrected chi connectivity index (χ3v) is 3.49. The molecule has 1 aliphatic heterocycles. The van der Waals surface area contributed by atoms with E-state index in [1.54, 1.807) is 0 Å². The largest absolute Gasteiger partial charge is 0.460 e. The zero-order valence-corrected chi connectivity index (χ0v) is 12.7. The maximum absolute atomic E-state index is 13.3. The second kappa shape index (κ2) is 6.49. The van der Waals surface area contributed by atoms with Crippen molar-refractivity contribution in [1.29, 1.82) is 0 Å². The van der Waals surface area contributed by atoms with E-state index in [0.29, 0.717) is 6.61 Å². The molecular weight excluding hydrogens is 450 g/mol. The van der Waals surface area contributed by atoms with Gasteiger partial charge in [-0.3, -0.25) is 0 Å². The Morgan fingerprint density at radius 1 is 1.00 bits per heavy atom. The predicted molar refractivity (Wildman–Crippen MR) is 63.9 cm³/mol. The van der Waals surface area contributed by atoms with Gasteiger partial charge in [0.25, 0.3) is 0 Å². The highest BCUT2D eigenvalue weighted by Crippen LogP contribution is 2.54. The normalized spacial score (nSPS) is 21.8. The molecule has 2 nitrogen and oxygen atoms in total. The molecule has 12 heteroatoms. The summed E-state index contributed by atoms with van der Waals surface area (Å²) in [5, 5.41) is 0. The number of alkyl halides is 10. The van der Waals surface area contributed by atoms with E-state index >= 15 is 0 Å². The Labute approximate surface area is 132 Å². The van der Waals surface area contributed by atoms with Gasteiger partial charge in [0.2, 0.25) is 0 Å². The topological polar surface area (TPSA) is 21.8 Å². The molecule has 0 amide bonds. The molecule has 0 bridgehead atoms. The highest BCUT2D eigenvalue weighted by atomic mass is 127. The van der Waals surface area contributed by atoms with Crippen molar-refractivity contribution in [2.75, 3.05) is 19.8 Å². The first-order chi connectivity index (χ1) is 9.72. The molecule has 0 aromatic carbocycles. The molecule has 0 radical (unpaired) electrons. The lowest BCUT2D eigenvalue weighted by molar-refractivity contribution is -0.396. The zero-order chi connectivity index (χ0) is 17.4. The van der Waals surface area contributed by atoms with E-state index in [1.807, 2.05) is 0 Å². The molecule has 0 aromatic heterocycles. The lowest BCUT2D eigenvalue weighted by Gasteiger charge is -2.34. The van der Waals surface area contributed by atoms with E-state index in [-0.39, 0.29) is 12.7 Å². The molecule has 1 aliphatic rings. The summed E-state index contributed by atoms with van der Waals surface area (Å²) in [6.07, 6.45) is -8.92. The van der Waals surface area contributed by atoms with Crippen LogP contribution in [-0.2, 0) is 9.47 Å². The highest BCUT2D eigenvalue weighted by Gasteiger charge is 2.81. The Balaban J connectivity index is 2.68. The number of ether oxygens (including phenoxy) is 2. The van der Waals surface area contributed by atoms with E-state index in [0.717, 1.165) is 0 Å². The summed E-state index contributed by atoms with van der Waals surface area (Å²) in [4.78, 5) is 0. The molecule has 1 heterocycles. The Morgan fingerprint density at radius 3 is 1.91 bits per heavy atom. The van der Waals surface area contributed by atoms with E-state index in [2.05, 4.69) is 0 Å². The van der Waals surface area contributed by atoms with Crippen molar-refractivity contribution in [3.63, 3.8) is 0 Å². The van der Waals surface area contributed by atoms with Gasteiger partial charge >= 0.3 is 23.9 Å². The first-order valence-corrected chi connectivity index (χ1v) is 7.00. The first kappa shape index (κ1) is 20.1. The van der Waals surface area contributed by atoms with Crippen LogP contribution < -0.4 is 0 Å². The third kappa shape index (κ3) is 4.30.